The van der Waals surface area contributed by atoms with Crippen LogP contribution in [0.3, 0.4) is 0 Å². The smallest absolute Gasteiger partial charge is 0.435 e. The maximum Gasteiger partial charge on any atom is 0.435 e. The minimum atomic E-state index is -6.16. The maximum absolute atomic E-state index is 16.4. The van der Waals surface area contributed by atoms with E-state index < -0.39 is 47.2 Å². The van der Waals surface area contributed by atoms with Crippen molar-refractivity contribution in [3.05, 3.63) is 82.1 Å². The molecule has 0 aliphatic rings. The largest absolute Gasteiger partial charge is 0.492 e. The summed E-state index contributed by atoms with van der Waals surface area (Å²) in [4.78, 5) is 13.4. The molecule has 1 aromatic heterocycles. The highest BCUT2D eigenvalue weighted by Gasteiger charge is 2.74. The van der Waals surface area contributed by atoms with Gasteiger partial charge in [-0.25, -0.2) is 4.39 Å². The zero-order valence-corrected chi connectivity index (χ0v) is 21.9. The average Bonchev–Trinajstić information content (AvgIpc) is 2.94. The van der Waals surface area contributed by atoms with E-state index in [1.807, 2.05) is 6.92 Å². The Kier molecular flexibility index (Phi) is 8.07. The molecule has 0 spiro atoms. The third-order valence-corrected chi connectivity index (χ3v) is 6.74. The van der Waals surface area contributed by atoms with Crippen LogP contribution in [0, 0.1) is 0 Å². The molecule has 0 saturated carbocycles. The summed E-state index contributed by atoms with van der Waals surface area (Å²) in [7, 11) is 1.98. The Morgan fingerprint density at radius 2 is 1.40 bits per heavy atom. The molecule has 0 N–H and O–H groups in total. The lowest BCUT2D eigenvalue weighted by Gasteiger charge is -2.36. The molecule has 4 aromatic rings. The molecular weight excluding hydrogens is 540 g/mol. The van der Waals surface area contributed by atoms with Crippen LogP contribution in [0.2, 0.25) is 0 Å². The Morgan fingerprint density at radius 1 is 0.800 bits per heavy atom. The van der Waals surface area contributed by atoms with Crippen molar-refractivity contribution in [2.45, 2.75) is 50.9 Å². The molecule has 1 heterocycles. The van der Waals surface area contributed by atoms with Gasteiger partial charge in [0, 0.05) is 17.3 Å². The number of aryl methyl sites for hydroxylation is 1. The lowest BCUT2D eigenvalue weighted by Crippen LogP contribution is -2.54. The Bertz CT molecular complexity index is 1570. The van der Waals surface area contributed by atoms with Crippen LogP contribution in [0.25, 0.3) is 21.7 Å². The summed E-state index contributed by atoms with van der Waals surface area (Å²) < 4.78 is 107. The second-order valence-corrected chi connectivity index (χ2v) is 9.19. The number of benzene rings is 3. The van der Waals surface area contributed by atoms with Crippen LogP contribution in [-0.2, 0) is 23.6 Å². The molecule has 0 fully saturated rings. The highest BCUT2D eigenvalue weighted by Crippen LogP contribution is 2.58. The molecule has 0 aliphatic carbocycles. The van der Waals surface area contributed by atoms with Gasteiger partial charge in [0.2, 0.25) is 0 Å². The number of ether oxygens (including phenoxy) is 3. The summed E-state index contributed by atoms with van der Waals surface area (Å²) in [5.74, 6) is -1.42. The monoisotopic (exact) mass is 567 g/mol. The van der Waals surface area contributed by atoms with Crippen molar-refractivity contribution in [1.29, 1.82) is 0 Å². The van der Waals surface area contributed by atoms with E-state index in [0.717, 1.165) is 14.2 Å². The van der Waals surface area contributed by atoms with Crippen molar-refractivity contribution in [2.75, 3.05) is 14.2 Å². The highest BCUT2D eigenvalue weighted by molar-refractivity contribution is 6.08. The molecule has 4 rings (SSSR count). The van der Waals surface area contributed by atoms with Gasteiger partial charge in [0.1, 0.15) is 0 Å². The Hall–Kier alpha value is -3.73. The number of fused-ring (bicyclic) bond motifs is 3. The van der Waals surface area contributed by atoms with Crippen LogP contribution in [0.4, 0.5) is 26.3 Å². The summed E-state index contributed by atoms with van der Waals surface area (Å²) in [6.45, 7) is 1.02. The lowest BCUT2D eigenvalue weighted by atomic mass is 9.89. The number of alkyl halides is 6. The van der Waals surface area contributed by atoms with E-state index in [2.05, 4.69) is 4.74 Å². The second-order valence-electron chi connectivity index (χ2n) is 9.19. The fraction of sp³-hybridized carbons (Fsp3) is 0.345. The molecule has 0 radical (unpaired) electrons. The van der Waals surface area contributed by atoms with E-state index in [4.69, 9.17) is 9.47 Å². The number of hydrogen-bond donors (Lipinski definition) is 0. The predicted molar refractivity (Wildman–Crippen MR) is 139 cm³/mol. The molecule has 40 heavy (non-hydrogen) atoms. The van der Waals surface area contributed by atoms with Crippen molar-refractivity contribution in [3.63, 3.8) is 0 Å². The normalized spacial score (nSPS) is 13.9. The van der Waals surface area contributed by atoms with Gasteiger partial charge in [-0.1, -0.05) is 61.9 Å². The first kappa shape index (κ1) is 29.3. The van der Waals surface area contributed by atoms with Gasteiger partial charge < -0.3 is 18.8 Å². The number of halogens is 6. The predicted octanol–water partition coefficient (Wildman–Crippen LogP) is 7.51. The summed E-state index contributed by atoms with van der Waals surface area (Å²) >= 11 is 0. The first-order valence-electron chi connectivity index (χ1n) is 12.4. The third kappa shape index (κ3) is 4.76. The van der Waals surface area contributed by atoms with Gasteiger partial charge in [0.05, 0.1) is 31.9 Å². The molecule has 0 aliphatic heterocycles. The van der Waals surface area contributed by atoms with Gasteiger partial charge in [-0.05, 0) is 29.5 Å². The number of unbranched alkanes of at least 4 members (excludes halogenated alkanes) is 1. The lowest BCUT2D eigenvalue weighted by molar-refractivity contribution is -0.393. The van der Waals surface area contributed by atoms with Crippen molar-refractivity contribution in [1.82, 2.24) is 4.57 Å². The summed E-state index contributed by atoms with van der Waals surface area (Å²) in [6.07, 6.45) is -10.4. The van der Waals surface area contributed by atoms with E-state index in [-0.39, 0.29) is 33.8 Å². The van der Waals surface area contributed by atoms with Crippen LogP contribution in [0.1, 0.15) is 30.9 Å². The molecule has 5 nitrogen and oxygen atoms in total. The first-order chi connectivity index (χ1) is 18.9. The molecule has 1 unspecified atom stereocenters. The Morgan fingerprint density at radius 3 is 1.98 bits per heavy atom. The van der Waals surface area contributed by atoms with Crippen LogP contribution in [-0.4, -0.2) is 31.1 Å². The van der Waals surface area contributed by atoms with Crippen molar-refractivity contribution >= 4 is 21.7 Å². The number of pyridine rings is 1. The van der Waals surface area contributed by atoms with E-state index in [1.54, 1.807) is 12.1 Å². The quantitative estimate of drug-likeness (QED) is 0.147. The fourth-order valence-corrected chi connectivity index (χ4v) is 4.75. The van der Waals surface area contributed by atoms with E-state index in [0.29, 0.717) is 18.9 Å². The first-order valence-corrected chi connectivity index (χ1v) is 12.4. The number of hydrogen-bond acceptors (Lipinski definition) is 4. The molecule has 0 amide bonds. The zero-order valence-electron chi connectivity index (χ0n) is 21.9. The number of rotatable bonds is 10. The standard InChI is InChI=1S/C29H27F6NO4/c1-4-5-15-36-23-21(19-13-9-10-14-20(19)26(36)37)16-22(24(38-2)25(23)39-3)27(30,28(31,32)33)29(34,35)40-17-18-11-7-6-8-12-18/h6-14,16H,4-5,15,17H2,1-3H3. The fourth-order valence-electron chi connectivity index (χ4n) is 4.75. The molecular formula is C29H27F6NO4. The van der Waals surface area contributed by atoms with Gasteiger partial charge in [-0.2, -0.15) is 22.0 Å². The maximum atomic E-state index is 16.4. The molecule has 0 bridgehead atoms. The minimum Gasteiger partial charge on any atom is -0.492 e. The molecule has 214 valence electrons. The SMILES string of the molecule is CCCCn1c(=O)c2ccccc2c2cc(C(F)(C(F)(F)F)C(F)(F)OCc3ccccc3)c(OC)c(OC)c21. The van der Waals surface area contributed by atoms with E-state index in [1.165, 1.54) is 47.0 Å². The van der Waals surface area contributed by atoms with Gasteiger partial charge in [-0.3, -0.25) is 4.79 Å². The van der Waals surface area contributed by atoms with E-state index >= 15 is 13.2 Å². The van der Waals surface area contributed by atoms with Gasteiger partial charge >= 0.3 is 18.0 Å². The van der Waals surface area contributed by atoms with Gasteiger partial charge in [-0.15, -0.1) is 0 Å². The van der Waals surface area contributed by atoms with Crippen LogP contribution in [0.5, 0.6) is 11.5 Å². The summed E-state index contributed by atoms with van der Waals surface area (Å²) in [5, 5.41) is 0.160. The van der Waals surface area contributed by atoms with Crippen LogP contribution >= 0.6 is 0 Å². The zero-order chi connectivity index (χ0) is 29.3. The summed E-state index contributed by atoms with van der Waals surface area (Å²) in [5.41, 5.74) is -7.27. The average molecular weight is 568 g/mol. The Balaban J connectivity index is 2.09. The Labute approximate surface area is 225 Å². The van der Waals surface area contributed by atoms with Crippen LogP contribution < -0.4 is 15.0 Å². The van der Waals surface area contributed by atoms with Crippen molar-refractivity contribution in [2.24, 2.45) is 0 Å². The van der Waals surface area contributed by atoms with Crippen LogP contribution in [0.15, 0.2) is 65.5 Å². The third-order valence-electron chi connectivity index (χ3n) is 6.74. The summed E-state index contributed by atoms with van der Waals surface area (Å²) in [6, 6.07) is 13.9. The number of nitrogens with zero attached hydrogens (tertiary/aromatic N) is 1. The minimum absolute atomic E-state index is 0.00158. The van der Waals surface area contributed by atoms with E-state index in [9.17, 15) is 18.0 Å². The van der Waals surface area contributed by atoms with Gasteiger partial charge in [0.15, 0.2) is 11.5 Å². The molecule has 1 atom stereocenters. The highest BCUT2D eigenvalue weighted by atomic mass is 19.4. The number of methoxy groups -OCH3 is 2. The van der Waals surface area contributed by atoms with Gasteiger partial charge in [0.25, 0.3) is 5.56 Å². The second kappa shape index (κ2) is 11.0. The van der Waals surface area contributed by atoms with Crippen molar-refractivity contribution < 1.29 is 40.6 Å². The van der Waals surface area contributed by atoms with Crippen molar-refractivity contribution in [3.8, 4) is 11.5 Å². The number of aromatic nitrogens is 1. The molecule has 11 heteroatoms. The topological polar surface area (TPSA) is 49.7 Å². The molecule has 3 aromatic carbocycles. The molecule has 0 saturated heterocycles.